The van der Waals surface area contributed by atoms with Crippen LogP contribution in [0.15, 0.2) is 36.5 Å². The normalized spacial score (nSPS) is 10.6. The molecule has 3 nitrogen and oxygen atoms in total. The number of nitrogens with zero attached hydrogens (tertiary/aromatic N) is 1. The predicted octanol–water partition coefficient (Wildman–Crippen LogP) is 3.89. The Kier molecular flexibility index (Phi) is 4.35. The van der Waals surface area contributed by atoms with Crippen LogP contribution in [0.4, 0.5) is 11.4 Å². The van der Waals surface area contributed by atoms with Crippen LogP contribution >= 0.6 is 12.2 Å². The van der Waals surface area contributed by atoms with Crippen molar-refractivity contribution in [1.82, 2.24) is 4.98 Å². The van der Waals surface area contributed by atoms with Crippen LogP contribution in [-0.4, -0.2) is 9.97 Å². The highest BCUT2D eigenvalue weighted by Crippen LogP contribution is 2.30. The number of anilines is 2. The number of aryl methyl sites for hydroxylation is 1. The van der Waals surface area contributed by atoms with Gasteiger partial charge in [-0.2, -0.15) is 0 Å². The van der Waals surface area contributed by atoms with Crippen molar-refractivity contribution in [2.24, 2.45) is 5.73 Å². The minimum Gasteiger partial charge on any atom is -0.388 e. The molecule has 0 fully saturated rings. The Bertz CT molecular complexity index is 635. The first-order valence-electron chi connectivity index (χ1n) is 6.61. The quantitative estimate of drug-likeness (QED) is 0.837. The molecule has 3 N–H and O–H groups in total. The Morgan fingerprint density at radius 2 is 2.05 bits per heavy atom. The maximum absolute atomic E-state index is 5.63. The summed E-state index contributed by atoms with van der Waals surface area (Å²) in [5.41, 5.74) is 10.8. The van der Waals surface area contributed by atoms with Gasteiger partial charge < -0.3 is 11.1 Å². The Labute approximate surface area is 125 Å². The predicted molar refractivity (Wildman–Crippen MR) is 88.7 cm³/mol. The molecule has 0 saturated heterocycles. The maximum atomic E-state index is 5.63. The third-order valence-corrected chi connectivity index (χ3v) is 3.42. The van der Waals surface area contributed by atoms with Gasteiger partial charge in [-0.05, 0) is 36.1 Å². The van der Waals surface area contributed by atoms with Gasteiger partial charge in [-0.1, -0.05) is 44.3 Å². The van der Waals surface area contributed by atoms with Gasteiger partial charge in [0.15, 0.2) is 0 Å². The van der Waals surface area contributed by atoms with Crippen molar-refractivity contribution >= 4 is 28.6 Å². The van der Waals surface area contributed by atoms with Crippen LogP contribution in [0.3, 0.4) is 0 Å². The Morgan fingerprint density at radius 1 is 1.30 bits per heavy atom. The first-order valence-corrected chi connectivity index (χ1v) is 7.02. The van der Waals surface area contributed by atoms with Crippen LogP contribution < -0.4 is 11.1 Å². The van der Waals surface area contributed by atoms with E-state index in [0.717, 1.165) is 11.4 Å². The highest BCUT2D eigenvalue weighted by atomic mass is 32.1. The van der Waals surface area contributed by atoms with Crippen molar-refractivity contribution in [2.75, 3.05) is 5.32 Å². The van der Waals surface area contributed by atoms with E-state index in [1.807, 2.05) is 12.1 Å². The van der Waals surface area contributed by atoms with E-state index >= 15 is 0 Å². The molecular weight excluding hydrogens is 266 g/mol. The monoisotopic (exact) mass is 285 g/mol. The van der Waals surface area contributed by atoms with Gasteiger partial charge in [0.1, 0.15) is 4.99 Å². The number of hydrogen-bond donors (Lipinski definition) is 2. The minimum atomic E-state index is 0.308. The van der Waals surface area contributed by atoms with E-state index in [1.54, 1.807) is 6.20 Å². The second-order valence-electron chi connectivity index (χ2n) is 5.11. The van der Waals surface area contributed by atoms with Crippen molar-refractivity contribution in [3.05, 3.63) is 53.3 Å². The molecule has 0 saturated carbocycles. The Balaban J connectivity index is 2.39. The van der Waals surface area contributed by atoms with Crippen LogP contribution in [0, 0.1) is 6.92 Å². The van der Waals surface area contributed by atoms with Crippen LogP contribution in [-0.2, 0) is 0 Å². The fraction of sp³-hybridized carbons (Fsp3) is 0.250. The first kappa shape index (κ1) is 14.5. The largest absolute Gasteiger partial charge is 0.388 e. The number of para-hydroxylation sites is 1. The summed E-state index contributed by atoms with van der Waals surface area (Å²) in [5.74, 6) is 0.453. The number of aromatic nitrogens is 1. The summed E-state index contributed by atoms with van der Waals surface area (Å²) in [7, 11) is 0. The molecule has 0 atom stereocenters. The molecule has 0 bridgehead atoms. The number of benzene rings is 1. The highest BCUT2D eigenvalue weighted by Gasteiger charge is 2.09. The third-order valence-electron chi connectivity index (χ3n) is 3.21. The number of nitrogens with one attached hydrogen (secondary N) is 1. The lowest BCUT2D eigenvalue weighted by Crippen LogP contribution is -2.11. The van der Waals surface area contributed by atoms with E-state index < -0.39 is 0 Å². The third kappa shape index (κ3) is 3.14. The molecule has 0 unspecified atom stereocenters. The number of nitrogens with two attached hydrogens (primary N) is 1. The van der Waals surface area contributed by atoms with Gasteiger partial charge in [-0.3, -0.25) is 4.98 Å². The Morgan fingerprint density at radius 3 is 2.70 bits per heavy atom. The number of thiocarbonyl (C=S) groups is 1. The molecule has 1 aromatic heterocycles. The SMILES string of the molecule is Cc1cccc(C(C)C)c1Nc1ccnc(C(N)=S)c1. The zero-order chi connectivity index (χ0) is 14.7. The lowest BCUT2D eigenvalue weighted by molar-refractivity contribution is 0.867. The summed E-state index contributed by atoms with van der Waals surface area (Å²) >= 11 is 4.97. The molecule has 0 radical (unpaired) electrons. The van der Waals surface area contributed by atoms with Crippen LogP contribution in [0.25, 0.3) is 0 Å². The highest BCUT2D eigenvalue weighted by molar-refractivity contribution is 7.80. The van der Waals surface area contributed by atoms with Crippen molar-refractivity contribution in [3.63, 3.8) is 0 Å². The zero-order valence-electron chi connectivity index (χ0n) is 12.0. The molecule has 20 heavy (non-hydrogen) atoms. The zero-order valence-corrected chi connectivity index (χ0v) is 12.8. The van der Waals surface area contributed by atoms with Crippen molar-refractivity contribution in [1.29, 1.82) is 0 Å². The van der Waals surface area contributed by atoms with Crippen molar-refractivity contribution in [2.45, 2.75) is 26.7 Å². The summed E-state index contributed by atoms with van der Waals surface area (Å²) in [6.07, 6.45) is 1.71. The fourth-order valence-electron chi connectivity index (χ4n) is 2.13. The number of pyridine rings is 1. The average Bonchev–Trinajstić information content (AvgIpc) is 2.41. The minimum absolute atomic E-state index is 0.308. The molecule has 1 aromatic carbocycles. The topological polar surface area (TPSA) is 50.9 Å². The Hall–Kier alpha value is -1.94. The van der Waals surface area contributed by atoms with Gasteiger partial charge in [0, 0.05) is 17.6 Å². The second kappa shape index (κ2) is 6.01. The molecule has 2 aromatic rings. The van der Waals surface area contributed by atoms with Crippen LogP contribution in [0.2, 0.25) is 0 Å². The maximum Gasteiger partial charge on any atom is 0.122 e. The smallest absolute Gasteiger partial charge is 0.122 e. The van der Waals surface area contributed by atoms with E-state index in [0.29, 0.717) is 16.6 Å². The summed E-state index contributed by atoms with van der Waals surface area (Å²) < 4.78 is 0. The second-order valence-corrected chi connectivity index (χ2v) is 5.55. The summed E-state index contributed by atoms with van der Waals surface area (Å²) in [6.45, 7) is 6.48. The number of hydrogen-bond acceptors (Lipinski definition) is 3. The van der Waals surface area contributed by atoms with Gasteiger partial charge in [-0.15, -0.1) is 0 Å². The van der Waals surface area contributed by atoms with Crippen molar-refractivity contribution in [3.8, 4) is 0 Å². The molecule has 1 heterocycles. The van der Waals surface area contributed by atoms with Gasteiger partial charge in [0.25, 0.3) is 0 Å². The van der Waals surface area contributed by atoms with Crippen LogP contribution in [0.5, 0.6) is 0 Å². The van der Waals surface area contributed by atoms with E-state index in [9.17, 15) is 0 Å². The molecule has 104 valence electrons. The molecule has 0 amide bonds. The molecule has 0 aliphatic heterocycles. The molecular formula is C16H19N3S. The summed E-state index contributed by atoms with van der Waals surface area (Å²) in [6, 6.07) is 10.1. The van der Waals surface area contributed by atoms with Gasteiger partial charge in [0.2, 0.25) is 0 Å². The molecule has 0 aliphatic carbocycles. The fourth-order valence-corrected chi connectivity index (χ4v) is 2.24. The molecule has 2 rings (SSSR count). The first-order chi connectivity index (χ1) is 9.49. The standard InChI is InChI=1S/C16H19N3S/c1-10(2)13-6-4-5-11(3)15(13)19-12-7-8-18-14(9-12)16(17)20/h4-10H,1-3H3,(H2,17,20)(H,18,19). The molecule has 4 heteroatoms. The summed E-state index contributed by atoms with van der Waals surface area (Å²) in [4.78, 5) is 4.46. The van der Waals surface area contributed by atoms with Crippen molar-refractivity contribution < 1.29 is 0 Å². The van der Waals surface area contributed by atoms with Gasteiger partial charge in [-0.25, -0.2) is 0 Å². The molecule has 0 spiro atoms. The molecule has 0 aliphatic rings. The van der Waals surface area contributed by atoms with E-state index in [-0.39, 0.29) is 0 Å². The van der Waals surface area contributed by atoms with E-state index in [2.05, 4.69) is 49.3 Å². The lowest BCUT2D eigenvalue weighted by Gasteiger charge is -2.17. The van der Waals surface area contributed by atoms with E-state index in [4.69, 9.17) is 18.0 Å². The lowest BCUT2D eigenvalue weighted by atomic mass is 9.98. The average molecular weight is 285 g/mol. The number of rotatable bonds is 4. The van der Waals surface area contributed by atoms with Crippen LogP contribution in [0.1, 0.15) is 36.6 Å². The van der Waals surface area contributed by atoms with E-state index in [1.165, 1.54) is 11.1 Å². The van der Waals surface area contributed by atoms with Gasteiger partial charge in [0.05, 0.1) is 5.69 Å². The van der Waals surface area contributed by atoms with Gasteiger partial charge >= 0.3 is 0 Å². The summed E-state index contributed by atoms with van der Waals surface area (Å²) in [5, 5.41) is 3.46.